The Labute approximate surface area is 266 Å². The van der Waals surface area contributed by atoms with Crippen molar-refractivity contribution in [1.82, 2.24) is 20.9 Å². The standard InChI is InChI=1S/C35H48N4O6/c1-3-4-19-45-35(43)38-30-12-8-9-13-32(40)39-23-27(24-39)18-20-44-29-16-14-25(2)28(21-29)22-36-33(41)31(37-34(30)42)17-15-26-10-6-5-7-11-26/h5-7,10-11,14,16,21,27,30-31H,3-4,8-9,12-13,15,17-20,22-24H2,1-2H3,(H,36,41)(H,37,42)(H,38,43)/t30-,31-/m0/s1. The minimum atomic E-state index is -0.903. The van der Waals surface area contributed by atoms with E-state index in [2.05, 4.69) is 16.0 Å². The molecule has 0 unspecified atom stereocenters. The largest absolute Gasteiger partial charge is 0.494 e. The molecule has 3 N–H and O–H groups in total. The molecule has 3 heterocycles. The van der Waals surface area contributed by atoms with E-state index >= 15 is 0 Å². The van der Waals surface area contributed by atoms with Crippen LogP contribution in [0.3, 0.4) is 0 Å². The lowest BCUT2D eigenvalue weighted by atomic mass is 9.96. The van der Waals surface area contributed by atoms with Gasteiger partial charge < -0.3 is 30.3 Å². The Morgan fingerprint density at radius 1 is 1.04 bits per heavy atom. The van der Waals surface area contributed by atoms with Crippen LogP contribution in [0.4, 0.5) is 4.79 Å². The molecule has 10 heteroatoms. The Morgan fingerprint density at radius 3 is 2.62 bits per heavy atom. The van der Waals surface area contributed by atoms with Crippen LogP contribution in [0, 0.1) is 12.8 Å². The number of carbonyl (C=O) groups is 4. The van der Waals surface area contributed by atoms with Gasteiger partial charge in [0.25, 0.3) is 0 Å². The SMILES string of the molecule is CCCCOC(=O)N[C@H]1CCCCC(=O)N2CC(CCOc3ccc(C)c(c3)CNC(=O)[C@H](CCc3ccccc3)NC1=O)C2. The summed E-state index contributed by atoms with van der Waals surface area (Å²) in [6.07, 6.45) is 4.60. The topological polar surface area (TPSA) is 126 Å². The molecule has 244 valence electrons. The zero-order valence-electron chi connectivity index (χ0n) is 26.6. The first-order chi connectivity index (χ1) is 21.8. The number of ether oxygens (including phenoxy) is 2. The second-order valence-electron chi connectivity index (χ2n) is 12.1. The number of alkyl carbamates (subject to hydrolysis) is 1. The van der Waals surface area contributed by atoms with Gasteiger partial charge in [-0.2, -0.15) is 0 Å². The average Bonchev–Trinajstić information content (AvgIpc) is 3.01. The molecule has 0 spiro atoms. The molecule has 2 atom stereocenters. The number of rotatable bonds is 7. The molecule has 2 aromatic carbocycles. The molecule has 4 amide bonds. The molecule has 2 aromatic rings. The molecule has 0 aromatic heterocycles. The van der Waals surface area contributed by atoms with E-state index in [1.165, 1.54) is 0 Å². The fraction of sp³-hybridized carbons (Fsp3) is 0.543. The third kappa shape index (κ3) is 10.8. The molecule has 4 bridgehead atoms. The highest BCUT2D eigenvalue weighted by molar-refractivity contribution is 5.91. The Bertz CT molecular complexity index is 1280. The first-order valence-corrected chi connectivity index (χ1v) is 16.4. The van der Waals surface area contributed by atoms with E-state index in [0.717, 1.165) is 54.8 Å². The first kappa shape index (κ1) is 33.8. The highest BCUT2D eigenvalue weighted by Crippen LogP contribution is 2.23. The number of fused-ring (bicyclic) bond motifs is 13. The lowest BCUT2D eigenvalue weighted by molar-refractivity contribution is -0.138. The Hall–Kier alpha value is -4.08. The van der Waals surface area contributed by atoms with Gasteiger partial charge in [0.15, 0.2) is 0 Å². The first-order valence-electron chi connectivity index (χ1n) is 16.4. The Kier molecular flexibility index (Phi) is 13.1. The van der Waals surface area contributed by atoms with Crippen molar-refractivity contribution in [3.05, 3.63) is 65.2 Å². The van der Waals surface area contributed by atoms with Gasteiger partial charge in [-0.05, 0) is 80.2 Å². The highest BCUT2D eigenvalue weighted by Gasteiger charge is 2.31. The number of carbonyl (C=O) groups excluding carboxylic acids is 4. The van der Waals surface area contributed by atoms with Crippen LogP contribution in [0.5, 0.6) is 5.75 Å². The number of nitrogens with one attached hydrogen (secondary N) is 3. The molecule has 0 saturated carbocycles. The fourth-order valence-electron chi connectivity index (χ4n) is 5.57. The van der Waals surface area contributed by atoms with Crippen molar-refractivity contribution in [2.75, 3.05) is 26.3 Å². The summed E-state index contributed by atoms with van der Waals surface area (Å²) in [5.74, 6) is 0.490. The summed E-state index contributed by atoms with van der Waals surface area (Å²) in [6.45, 7) is 6.54. The number of benzene rings is 2. The molecule has 3 aliphatic rings. The van der Waals surface area contributed by atoms with Crippen molar-refractivity contribution in [1.29, 1.82) is 0 Å². The molecule has 5 rings (SSSR count). The van der Waals surface area contributed by atoms with Gasteiger partial charge in [0, 0.05) is 26.1 Å². The highest BCUT2D eigenvalue weighted by atomic mass is 16.5. The molecular formula is C35H48N4O6. The lowest BCUT2D eigenvalue weighted by Crippen LogP contribution is -2.54. The number of unbranched alkanes of at least 4 members (excludes halogenated alkanes) is 1. The van der Waals surface area contributed by atoms with Crippen molar-refractivity contribution in [2.24, 2.45) is 5.92 Å². The van der Waals surface area contributed by atoms with Gasteiger partial charge in [-0.1, -0.05) is 56.2 Å². The van der Waals surface area contributed by atoms with Gasteiger partial charge >= 0.3 is 6.09 Å². The minimum absolute atomic E-state index is 0.104. The monoisotopic (exact) mass is 620 g/mol. The van der Waals surface area contributed by atoms with E-state index in [-0.39, 0.29) is 25.0 Å². The zero-order valence-corrected chi connectivity index (χ0v) is 26.6. The normalized spacial score (nSPS) is 21.7. The van der Waals surface area contributed by atoms with Crippen LogP contribution in [0.2, 0.25) is 0 Å². The van der Waals surface area contributed by atoms with Crippen molar-refractivity contribution in [3.63, 3.8) is 0 Å². The third-order valence-corrected chi connectivity index (χ3v) is 8.55. The van der Waals surface area contributed by atoms with Crippen LogP contribution in [-0.2, 0) is 32.1 Å². The molecule has 45 heavy (non-hydrogen) atoms. The van der Waals surface area contributed by atoms with E-state index in [4.69, 9.17) is 9.47 Å². The number of amides is 4. The van der Waals surface area contributed by atoms with E-state index < -0.39 is 24.1 Å². The predicted molar refractivity (Wildman–Crippen MR) is 172 cm³/mol. The number of nitrogens with zero attached hydrogens (tertiary/aromatic N) is 1. The average molecular weight is 621 g/mol. The maximum absolute atomic E-state index is 13.6. The number of hydrogen-bond acceptors (Lipinski definition) is 6. The summed E-state index contributed by atoms with van der Waals surface area (Å²) in [4.78, 5) is 54.4. The number of hydrogen-bond donors (Lipinski definition) is 3. The second kappa shape index (κ2) is 17.4. The molecule has 1 fully saturated rings. The molecule has 3 aliphatic heterocycles. The Morgan fingerprint density at radius 2 is 1.84 bits per heavy atom. The van der Waals surface area contributed by atoms with Crippen LogP contribution in [0.15, 0.2) is 48.5 Å². The van der Waals surface area contributed by atoms with Gasteiger partial charge in [-0.3, -0.25) is 14.4 Å². The third-order valence-electron chi connectivity index (χ3n) is 8.55. The van der Waals surface area contributed by atoms with Gasteiger partial charge in [0.2, 0.25) is 17.7 Å². The van der Waals surface area contributed by atoms with E-state index in [1.54, 1.807) is 0 Å². The summed E-state index contributed by atoms with van der Waals surface area (Å²) < 4.78 is 11.3. The molecular weight excluding hydrogens is 572 g/mol. The second-order valence-corrected chi connectivity index (χ2v) is 12.1. The summed E-state index contributed by atoms with van der Waals surface area (Å²) >= 11 is 0. The van der Waals surface area contributed by atoms with Crippen LogP contribution in [0.25, 0.3) is 0 Å². The summed E-state index contributed by atoms with van der Waals surface area (Å²) in [7, 11) is 0. The van der Waals surface area contributed by atoms with Crippen LogP contribution in [-0.4, -0.2) is 67.1 Å². The zero-order chi connectivity index (χ0) is 32.0. The van der Waals surface area contributed by atoms with Gasteiger partial charge in [-0.25, -0.2) is 4.79 Å². The van der Waals surface area contributed by atoms with E-state index in [0.29, 0.717) is 51.0 Å². The van der Waals surface area contributed by atoms with Gasteiger partial charge in [-0.15, -0.1) is 0 Å². The summed E-state index contributed by atoms with van der Waals surface area (Å²) in [5.41, 5.74) is 3.00. The van der Waals surface area contributed by atoms with Gasteiger partial charge in [0.05, 0.1) is 13.2 Å². The maximum atomic E-state index is 13.6. The van der Waals surface area contributed by atoms with Crippen LogP contribution >= 0.6 is 0 Å². The minimum Gasteiger partial charge on any atom is -0.494 e. The van der Waals surface area contributed by atoms with Crippen molar-refractivity contribution < 1.29 is 28.7 Å². The predicted octanol–water partition coefficient (Wildman–Crippen LogP) is 4.43. The smallest absolute Gasteiger partial charge is 0.407 e. The van der Waals surface area contributed by atoms with Crippen molar-refractivity contribution in [3.8, 4) is 5.75 Å². The quantitative estimate of drug-likeness (QED) is 0.394. The molecule has 1 saturated heterocycles. The Balaban J connectivity index is 1.51. The lowest BCUT2D eigenvalue weighted by Gasteiger charge is -2.39. The van der Waals surface area contributed by atoms with E-state index in [1.807, 2.05) is 67.3 Å². The molecule has 0 aliphatic carbocycles. The van der Waals surface area contributed by atoms with Crippen molar-refractivity contribution >= 4 is 23.8 Å². The summed E-state index contributed by atoms with van der Waals surface area (Å²) in [6, 6.07) is 13.9. The molecule has 10 nitrogen and oxygen atoms in total. The maximum Gasteiger partial charge on any atom is 0.407 e. The number of aryl methyl sites for hydroxylation is 2. The van der Waals surface area contributed by atoms with Crippen molar-refractivity contribution in [2.45, 2.75) is 90.3 Å². The van der Waals surface area contributed by atoms with Crippen LogP contribution < -0.4 is 20.7 Å². The van der Waals surface area contributed by atoms with Gasteiger partial charge in [0.1, 0.15) is 17.8 Å². The summed E-state index contributed by atoms with van der Waals surface area (Å²) in [5, 5.41) is 8.63. The van der Waals surface area contributed by atoms with Crippen LogP contribution in [0.1, 0.15) is 75.0 Å². The molecule has 0 radical (unpaired) electrons. The fourth-order valence-corrected chi connectivity index (χ4v) is 5.57. The van der Waals surface area contributed by atoms with E-state index in [9.17, 15) is 19.2 Å².